The minimum Gasteiger partial charge on any atom is -0.297 e. The van der Waals surface area contributed by atoms with Gasteiger partial charge < -0.3 is 0 Å². The Kier molecular flexibility index (Phi) is 3.48. The summed E-state index contributed by atoms with van der Waals surface area (Å²) < 4.78 is 0. The fourth-order valence-electron chi connectivity index (χ4n) is 1.15. The number of hydrogen-bond donors (Lipinski definition) is 0. The summed E-state index contributed by atoms with van der Waals surface area (Å²) in [6, 6.07) is 9.76. The highest BCUT2D eigenvalue weighted by atomic mass is 79.9. The predicted octanol–water partition coefficient (Wildman–Crippen LogP) is 3.74. The van der Waals surface area contributed by atoms with Crippen LogP contribution in [0.1, 0.15) is 31.2 Å². The van der Waals surface area contributed by atoms with Crippen LogP contribution in [0.2, 0.25) is 0 Å². The summed E-state index contributed by atoms with van der Waals surface area (Å²) in [4.78, 5) is 11.7. The average molecular weight is 255 g/mol. The first-order valence-corrected chi connectivity index (χ1v) is 5.58. The summed E-state index contributed by atoms with van der Waals surface area (Å²) in [6.45, 7) is 5.81. The van der Waals surface area contributed by atoms with Crippen molar-refractivity contribution in [3.8, 4) is 0 Å². The van der Waals surface area contributed by atoms with Crippen molar-refractivity contribution in [2.24, 2.45) is 5.41 Å². The highest BCUT2D eigenvalue weighted by Crippen LogP contribution is 2.31. The van der Waals surface area contributed by atoms with Crippen LogP contribution >= 0.6 is 15.9 Å². The molecule has 1 unspecified atom stereocenters. The molecule has 0 aliphatic rings. The second kappa shape index (κ2) is 4.26. The summed E-state index contributed by atoms with van der Waals surface area (Å²) >= 11 is 3.44. The Morgan fingerprint density at radius 3 is 2.14 bits per heavy atom. The first-order valence-electron chi connectivity index (χ1n) is 4.66. The van der Waals surface area contributed by atoms with Crippen molar-refractivity contribution < 1.29 is 4.79 Å². The number of rotatable bonds is 2. The van der Waals surface area contributed by atoms with E-state index in [1.54, 1.807) is 0 Å². The average Bonchev–Trinajstić information content (AvgIpc) is 2.15. The Bertz CT molecular complexity index is 311. The zero-order chi connectivity index (χ0) is 10.8. The molecule has 0 aromatic heterocycles. The maximum Gasteiger partial charge on any atom is 0.156 e. The van der Waals surface area contributed by atoms with Crippen LogP contribution in [0.25, 0.3) is 0 Å². The minimum absolute atomic E-state index is 0.191. The van der Waals surface area contributed by atoms with E-state index in [1.165, 1.54) is 0 Å². The first kappa shape index (κ1) is 11.4. The van der Waals surface area contributed by atoms with Gasteiger partial charge in [0.15, 0.2) is 5.78 Å². The number of carbonyl (C=O) groups is 1. The van der Waals surface area contributed by atoms with Crippen molar-refractivity contribution in [3.05, 3.63) is 35.9 Å². The van der Waals surface area contributed by atoms with Crippen molar-refractivity contribution in [2.45, 2.75) is 25.6 Å². The van der Waals surface area contributed by atoms with Gasteiger partial charge in [0, 0.05) is 5.41 Å². The van der Waals surface area contributed by atoms with E-state index in [-0.39, 0.29) is 16.0 Å². The standard InChI is InChI=1S/C12H15BrO/c1-12(2,3)11(14)10(13)9-7-5-4-6-8-9/h4-8,10H,1-3H3. The van der Waals surface area contributed by atoms with E-state index in [0.29, 0.717) is 0 Å². The van der Waals surface area contributed by atoms with Crippen LogP contribution in [0, 0.1) is 5.41 Å². The first-order chi connectivity index (χ1) is 6.43. The van der Waals surface area contributed by atoms with Gasteiger partial charge in [0.05, 0.1) is 4.83 Å². The van der Waals surface area contributed by atoms with Crippen molar-refractivity contribution in [3.63, 3.8) is 0 Å². The zero-order valence-corrected chi connectivity index (χ0v) is 10.3. The fraction of sp³-hybridized carbons (Fsp3) is 0.417. The molecule has 1 aromatic rings. The van der Waals surface area contributed by atoms with E-state index < -0.39 is 0 Å². The zero-order valence-electron chi connectivity index (χ0n) is 8.75. The molecular formula is C12H15BrO. The van der Waals surface area contributed by atoms with Gasteiger partial charge in [-0.25, -0.2) is 0 Å². The molecule has 0 bridgehead atoms. The monoisotopic (exact) mass is 254 g/mol. The van der Waals surface area contributed by atoms with Crippen LogP contribution in [-0.2, 0) is 4.79 Å². The molecule has 1 nitrogen and oxygen atoms in total. The number of ketones is 1. The molecule has 1 atom stereocenters. The molecule has 0 amide bonds. The molecule has 0 saturated carbocycles. The molecule has 76 valence electrons. The predicted molar refractivity (Wildman–Crippen MR) is 62.6 cm³/mol. The van der Waals surface area contributed by atoms with Crippen molar-refractivity contribution >= 4 is 21.7 Å². The summed E-state index contributed by atoms with van der Waals surface area (Å²) in [5, 5.41) is 0. The van der Waals surface area contributed by atoms with Crippen LogP contribution in [0.3, 0.4) is 0 Å². The lowest BCUT2D eigenvalue weighted by Crippen LogP contribution is -2.23. The smallest absolute Gasteiger partial charge is 0.156 e. The molecule has 0 spiro atoms. The van der Waals surface area contributed by atoms with Crippen LogP contribution < -0.4 is 0 Å². The molecule has 0 radical (unpaired) electrons. The van der Waals surface area contributed by atoms with Gasteiger partial charge in [0.25, 0.3) is 0 Å². The number of alkyl halides is 1. The van der Waals surface area contributed by atoms with Gasteiger partial charge in [-0.05, 0) is 5.56 Å². The van der Waals surface area contributed by atoms with Gasteiger partial charge in [-0.1, -0.05) is 67.0 Å². The Balaban J connectivity index is 2.87. The highest BCUT2D eigenvalue weighted by Gasteiger charge is 2.28. The van der Waals surface area contributed by atoms with Crippen molar-refractivity contribution in [1.82, 2.24) is 0 Å². The normalized spacial score (nSPS) is 13.7. The van der Waals surface area contributed by atoms with Gasteiger partial charge in [-0.3, -0.25) is 4.79 Å². The summed E-state index contributed by atoms with van der Waals surface area (Å²) in [5.41, 5.74) is 0.719. The number of benzene rings is 1. The quantitative estimate of drug-likeness (QED) is 0.736. The topological polar surface area (TPSA) is 17.1 Å². The molecule has 1 rings (SSSR count). The molecule has 0 heterocycles. The molecule has 0 saturated heterocycles. The Labute approximate surface area is 93.7 Å². The van der Waals surface area contributed by atoms with Crippen molar-refractivity contribution in [1.29, 1.82) is 0 Å². The summed E-state index contributed by atoms with van der Waals surface area (Å²) in [5.74, 6) is 0.212. The molecule has 2 heteroatoms. The van der Waals surface area contributed by atoms with Gasteiger partial charge in [-0.2, -0.15) is 0 Å². The Morgan fingerprint density at radius 2 is 1.71 bits per heavy atom. The van der Waals surface area contributed by atoms with Gasteiger partial charge in [0.2, 0.25) is 0 Å². The van der Waals surface area contributed by atoms with E-state index in [0.717, 1.165) is 5.56 Å². The molecular weight excluding hydrogens is 240 g/mol. The largest absolute Gasteiger partial charge is 0.297 e. The van der Waals surface area contributed by atoms with Gasteiger partial charge >= 0.3 is 0 Å². The molecule has 0 aliphatic carbocycles. The minimum atomic E-state index is -0.302. The van der Waals surface area contributed by atoms with Gasteiger partial charge in [0.1, 0.15) is 0 Å². The lowest BCUT2D eigenvalue weighted by molar-refractivity contribution is -0.125. The van der Waals surface area contributed by atoms with Crippen LogP contribution in [-0.4, -0.2) is 5.78 Å². The molecule has 0 fully saturated rings. The second-order valence-electron chi connectivity index (χ2n) is 4.39. The number of Topliss-reactive ketones (excluding diaryl/α,β-unsaturated/α-hetero) is 1. The molecule has 0 N–H and O–H groups in total. The van der Waals surface area contributed by atoms with E-state index in [9.17, 15) is 4.79 Å². The second-order valence-corrected chi connectivity index (χ2v) is 5.30. The number of halogens is 1. The third kappa shape index (κ3) is 2.68. The van der Waals surface area contributed by atoms with E-state index in [4.69, 9.17) is 0 Å². The lowest BCUT2D eigenvalue weighted by Gasteiger charge is -2.20. The Morgan fingerprint density at radius 1 is 1.21 bits per heavy atom. The van der Waals surface area contributed by atoms with Crippen LogP contribution in [0.4, 0.5) is 0 Å². The molecule has 1 aromatic carbocycles. The van der Waals surface area contributed by atoms with E-state index >= 15 is 0 Å². The summed E-state index contributed by atoms with van der Waals surface area (Å²) in [6.07, 6.45) is 0. The Hall–Kier alpha value is -0.630. The van der Waals surface area contributed by atoms with E-state index in [2.05, 4.69) is 15.9 Å². The number of hydrogen-bond acceptors (Lipinski definition) is 1. The third-order valence-corrected chi connectivity index (χ3v) is 3.01. The SMILES string of the molecule is CC(C)(C)C(=O)C(Br)c1ccccc1. The van der Waals surface area contributed by atoms with Crippen molar-refractivity contribution in [2.75, 3.05) is 0 Å². The fourth-order valence-corrected chi connectivity index (χ4v) is 2.15. The molecule has 14 heavy (non-hydrogen) atoms. The highest BCUT2D eigenvalue weighted by molar-refractivity contribution is 9.09. The maximum absolute atomic E-state index is 11.9. The van der Waals surface area contributed by atoms with Crippen LogP contribution in [0.15, 0.2) is 30.3 Å². The third-order valence-electron chi connectivity index (χ3n) is 2.06. The lowest BCUT2D eigenvalue weighted by atomic mass is 9.87. The summed E-state index contributed by atoms with van der Waals surface area (Å²) in [7, 11) is 0. The van der Waals surface area contributed by atoms with Gasteiger partial charge in [-0.15, -0.1) is 0 Å². The number of carbonyl (C=O) groups excluding carboxylic acids is 1. The molecule has 0 aliphatic heterocycles. The van der Waals surface area contributed by atoms with Crippen LogP contribution in [0.5, 0.6) is 0 Å². The van der Waals surface area contributed by atoms with E-state index in [1.807, 2.05) is 51.1 Å². The maximum atomic E-state index is 11.9.